The van der Waals surface area contributed by atoms with E-state index in [1.807, 2.05) is 0 Å². The molecule has 0 aliphatic heterocycles. The van der Waals surface area contributed by atoms with Crippen molar-refractivity contribution in [2.45, 2.75) is 18.4 Å². The van der Waals surface area contributed by atoms with E-state index in [1.54, 1.807) is 31.2 Å². The van der Waals surface area contributed by atoms with Crippen molar-refractivity contribution >= 4 is 10.0 Å². The third-order valence-electron chi connectivity index (χ3n) is 2.46. The molecule has 5 nitrogen and oxygen atoms in total. The topological polar surface area (TPSA) is 78.0 Å². The smallest absolute Gasteiger partial charge is 0.223 e. The molecule has 8 heteroatoms. The molecule has 2 rings (SSSR count). The summed E-state index contributed by atoms with van der Waals surface area (Å²) < 4.78 is 49.0. The van der Waals surface area contributed by atoms with Gasteiger partial charge < -0.3 is 0 Å². The molecule has 0 saturated carbocycles. The molecule has 2 aromatic rings. The summed E-state index contributed by atoms with van der Waals surface area (Å²) in [5, 5.41) is 8.14. The number of sulfonamides is 1. The Balaban J connectivity index is 2.68. The summed E-state index contributed by atoms with van der Waals surface area (Å²) in [6, 6.07) is 7.42. The molecule has 0 saturated heterocycles. The van der Waals surface area contributed by atoms with Gasteiger partial charge in [-0.3, -0.25) is 0 Å². The Hall–Kier alpha value is -1.80. The fourth-order valence-electron chi connectivity index (χ4n) is 1.64. The number of hydrogen-bond donors (Lipinski definition) is 1. The van der Waals surface area contributed by atoms with Crippen LogP contribution in [0.25, 0.3) is 5.69 Å². The minimum absolute atomic E-state index is 0.357. The first-order valence-electron chi connectivity index (χ1n) is 5.27. The fraction of sp³-hybridized carbons (Fsp3) is 0.182. The molecule has 102 valence electrons. The largest absolute Gasteiger partial charge is 0.282 e. The lowest BCUT2D eigenvalue weighted by molar-refractivity contribution is 0.145. The van der Waals surface area contributed by atoms with Crippen LogP contribution < -0.4 is 5.14 Å². The van der Waals surface area contributed by atoms with E-state index >= 15 is 0 Å². The van der Waals surface area contributed by atoms with Crippen LogP contribution in [0.1, 0.15) is 17.7 Å². The number of nitrogens with two attached hydrogens (primary N) is 1. The van der Waals surface area contributed by atoms with Crippen molar-refractivity contribution in [2.75, 3.05) is 0 Å². The number of aromatic nitrogens is 2. The Labute approximate surface area is 108 Å². The number of hydrogen-bond acceptors (Lipinski definition) is 3. The SMILES string of the molecule is Cc1cccc(-n2nc(C(F)F)cc2S(N)(=O)=O)c1. The van der Waals surface area contributed by atoms with Gasteiger partial charge in [0.15, 0.2) is 5.03 Å². The number of alkyl halides is 2. The Kier molecular flexibility index (Phi) is 3.38. The van der Waals surface area contributed by atoms with Gasteiger partial charge in [0.05, 0.1) is 5.69 Å². The first kappa shape index (κ1) is 13.6. The van der Waals surface area contributed by atoms with E-state index in [1.165, 1.54) is 0 Å². The van der Waals surface area contributed by atoms with E-state index in [9.17, 15) is 17.2 Å². The van der Waals surface area contributed by atoms with Crippen molar-refractivity contribution in [3.8, 4) is 5.69 Å². The van der Waals surface area contributed by atoms with Crippen LogP contribution in [0.4, 0.5) is 8.78 Å². The molecule has 0 bridgehead atoms. The summed E-state index contributed by atoms with van der Waals surface area (Å²) in [7, 11) is -4.14. The fourth-order valence-corrected chi connectivity index (χ4v) is 2.31. The number of halogens is 2. The van der Waals surface area contributed by atoms with Crippen LogP contribution in [0.3, 0.4) is 0 Å². The van der Waals surface area contributed by atoms with Gasteiger partial charge in [-0.1, -0.05) is 12.1 Å². The molecule has 19 heavy (non-hydrogen) atoms. The first-order chi connectivity index (χ1) is 8.79. The first-order valence-corrected chi connectivity index (χ1v) is 6.81. The van der Waals surface area contributed by atoms with Crippen LogP contribution in [-0.4, -0.2) is 18.2 Å². The van der Waals surface area contributed by atoms with E-state index in [4.69, 9.17) is 5.14 Å². The van der Waals surface area contributed by atoms with Crippen LogP contribution in [0, 0.1) is 6.92 Å². The van der Waals surface area contributed by atoms with Gasteiger partial charge in [-0.25, -0.2) is 27.0 Å². The molecule has 0 atom stereocenters. The van der Waals surface area contributed by atoms with Gasteiger partial charge in [0, 0.05) is 6.07 Å². The standard InChI is InChI=1S/C11H11F2N3O2S/c1-7-3-2-4-8(5-7)16-10(19(14,17)18)6-9(15-16)11(12)13/h2-6,11H,1H3,(H2,14,17,18). The normalized spacial score (nSPS) is 12.1. The number of primary sulfonamides is 1. The quantitative estimate of drug-likeness (QED) is 0.934. The number of aryl methyl sites for hydroxylation is 1. The highest BCUT2D eigenvalue weighted by Gasteiger charge is 2.22. The van der Waals surface area contributed by atoms with Gasteiger partial charge in [-0.15, -0.1) is 0 Å². The summed E-state index contributed by atoms with van der Waals surface area (Å²) >= 11 is 0. The van der Waals surface area contributed by atoms with E-state index < -0.39 is 27.2 Å². The zero-order valence-corrected chi connectivity index (χ0v) is 10.7. The van der Waals surface area contributed by atoms with Gasteiger partial charge >= 0.3 is 0 Å². The van der Waals surface area contributed by atoms with Crippen molar-refractivity contribution in [2.24, 2.45) is 5.14 Å². The Bertz CT molecular complexity index is 710. The second kappa shape index (κ2) is 4.71. The maximum absolute atomic E-state index is 12.6. The molecule has 0 radical (unpaired) electrons. The van der Waals surface area contributed by atoms with Crippen molar-refractivity contribution in [1.29, 1.82) is 0 Å². The summed E-state index contributed by atoms with van der Waals surface area (Å²) in [4.78, 5) is 0. The lowest BCUT2D eigenvalue weighted by Gasteiger charge is -2.06. The van der Waals surface area contributed by atoms with Gasteiger partial charge in [0.2, 0.25) is 0 Å². The zero-order valence-electron chi connectivity index (χ0n) is 9.92. The van der Waals surface area contributed by atoms with E-state index in [2.05, 4.69) is 5.10 Å². The lowest BCUT2D eigenvalue weighted by atomic mass is 10.2. The molecule has 1 aromatic heterocycles. The molecule has 2 N–H and O–H groups in total. The Morgan fingerprint density at radius 3 is 2.53 bits per heavy atom. The minimum atomic E-state index is -4.14. The maximum Gasteiger partial charge on any atom is 0.282 e. The highest BCUT2D eigenvalue weighted by molar-refractivity contribution is 7.89. The van der Waals surface area contributed by atoms with Crippen molar-refractivity contribution in [3.63, 3.8) is 0 Å². The van der Waals surface area contributed by atoms with Crippen LogP contribution in [0.15, 0.2) is 35.4 Å². The average molecular weight is 287 g/mol. The maximum atomic E-state index is 12.6. The highest BCUT2D eigenvalue weighted by Crippen LogP contribution is 2.23. The summed E-state index contributed by atoms with van der Waals surface area (Å²) in [6.45, 7) is 1.79. The van der Waals surface area contributed by atoms with E-state index in [-0.39, 0.29) is 0 Å². The van der Waals surface area contributed by atoms with Crippen LogP contribution in [-0.2, 0) is 10.0 Å². The van der Waals surface area contributed by atoms with E-state index in [0.29, 0.717) is 5.69 Å². The molecule has 0 aliphatic carbocycles. The molecular weight excluding hydrogens is 276 g/mol. The monoisotopic (exact) mass is 287 g/mol. The van der Waals surface area contributed by atoms with Gasteiger partial charge in [0.1, 0.15) is 5.69 Å². The van der Waals surface area contributed by atoms with Crippen molar-refractivity contribution in [1.82, 2.24) is 9.78 Å². The molecule has 0 fully saturated rings. The Morgan fingerprint density at radius 1 is 1.32 bits per heavy atom. The third kappa shape index (κ3) is 2.79. The second-order valence-electron chi connectivity index (χ2n) is 4.00. The Morgan fingerprint density at radius 2 is 2.00 bits per heavy atom. The molecule has 0 aliphatic rings. The van der Waals surface area contributed by atoms with Crippen molar-refractivity contribution < 1.29 is 17.2 Å². The van der Waals surface area contributed by atoms with Crippen LogP contribution in [0.5, 0.6) is 0 Å². The van der Waals surface area contributed by atoms with Crippen LogP contribution in [0.2, 0.25) is 0 Å². The van der Waals surface area contributed by atoms with Crippen LogP contribution >= 0.6 is 0 Å². The molecule has 0 spiro atoms. The predicted octanol–water partition coefficient (Wildman–Crippen LogP) is 1.77. The summed E-state index contributed by atoms with van der Waals surface area (Å²) in [6.07, 6.45) is -2.87. The third-order valence-corrected chi connectivity index (χ3v) is 3.33. The van der Waals surface area contributed by atoms with Gasteiger partial charge in [0.25, 0.3) is 16.4 Å². The van der Waals surface area contributed by atoms with Crippen molar-refractivity contribution in [3.05, 3.63) is 41.6 Å². The molecule has 1 heterocycles. The molecule has 0 unspecified atom stereocenters. The predicted molar refractivity (Wildman–Crippen MR) is 64.6 cm³/mol. The number of rotatable bonds is 3. The van der Waals surface area contributed by atoms with E-state index in [0.717, 1.165) is 16.3 Å². The van der Waals surface area contributed by atoms with Gasteiger partial charge in [-0.2, -0.15) is 5.10 Å². The zero-order chi connectivity index (χ0) is 14.2. The minimum Gasteiger partial charge on any atom is -0.223 e. The molecular formula is C11H11F2N3O2S. The lowest BCUT2D eigenvalue weighted by Crippen LogP contribution is -2.17. The average Bonchev–Trinajstić information content (AvgIpc) is 2.73. The molecule has 1 aromatic carbocycles. The summed E-state index contributed by atoms with van der Waals surface area (Å²) in [5.41, 5.74) is 0.563. The highest BCUT2D eigenvalue weighted by atomic mass is 32.2. The van der Waals surface area contributed by atoms with Gasteiger partial charge in [-0.05, 0) is 24.6 Å². The number of nitrogens with zero attached hydrogens (tertiary/aromatic N) is 2. The summed E-state index contributed by atoms with van der Waals surface area (Å²) in [5.74, 6) is 0. The molecule has 0 amide bonds. The second-order valence-corrected chi connectivity index (χ2v) is 5.51. The number of benzene rings is 1.